The molecule has 0 saturated heterocycles. The summed E-state index contributed by atoms with van der Waals surface area (Å²) in [6.45, 7) is 1.91. The van der Waals surface area contributed by atoms with E-state index in [0.717, 1.165) is 0 Å². The summed E-state index contributed by atoms with van der Waals surface area (Å²) in [5, 5.41) is 8.76. The van der Waals surface area contributed by atoms with Gasteiger partial charge in [-0.1, -0.05) is 6.92 Å². The lowest BCUT2D eigenvalue weighted by atomic mass is 10.0. The number of carbonyl (C=O) groups excluding carboxylic acids is 1. The molecule has 0 spiro atoms. The van der Waals surface area contributed by atoms with E-state index < -0.39 is 11.8 Å². The molecule has 0 amide bonds. The van der Waals surface area contributed by atoms with Crippen LogP contribution in [0.2, 0.25) is 0 Å². The first-order chi connectivity index (χ1) is 8.06. The molecule has 5 nitrogen and oxygen atoms in total. The lowest BCUT2D eigenvalue weighted by Gasteiger charge is -2.09. The average molecular weight is 301 g/mol. The molecule has 0 aliphatic carbocycles. The van der Waals surface area contributed by atoms with Crippen molar-refractivity contribution >= 4 is 27.7 Å². The maximum absolute atomic E-state index is 11.6. The smallest absolute Gasteiger partial charge is 0.377 e. The molecular formula is C11H9BrO5. The van der Waals surface area contributed by atoms with Crippen molar-refractivity contribution in [2.24, 2.45) is 0 Å². The first-order valence-electron chi connectivity index (χ1n) is 4.94. The minimum Gasteiger partial charge on any atom is -0.475 e. The fourth-order valence-corrected chi connectivity index (χ4v) is 2.51. The quantitative estimate of drug-likeness (QED) is 0.683. The molecule has 1 aliphatic rings. The first kappa shape index (κ1) is 11.9. The zero-order valence-corrected chi connectivity index (χ0v) is 10.5. The van der Waals surface area contributed by atoms with Gasteiger partial charge >= 0.3 is 5.97 Å². The van der Waals surface area contributed by atoms with Gasteiger partial charge in [0.15, 0.2) is 11.5 Å². The predicted octanol–water partition coefficient (Wildman–Crippen LogP) is 2.01. The van der Waals surface area contributed by atoms with Crippen LogP contribution >= 0.6 is 15.9 Å². The molecule has 90 valence electrons. The number of ketones is 1. The lowest BCUT2D eigenvalue weighted by molar-refractivity contribution is -0.131. The third-order valence-electron chi connectivity index (χ3n) is 2.50. The normalized spacial score (nSPS) is 12.6. The number of aliphatic carboxylic acids is 1. The van der Waals surface area contributed by atoms with E-state index in [1.54, 1.807) is 0 Å². The van der Waals surface area contributed by atoms with Crippen molar-refractivity contribution in [3.63, 3.8) is 0 Å². The molecule has 2 rings (SSSR count). The van der Waals surface area contributed by atoms with Gasteiger partial charge in [0.2, 0.25) is 6.79 Å². The van der Waals surface area contributed by atoms with Crippen LogP contribution in [0.25, 0.3) is 0 Å². The molecule has 1 aliphatic heterocycles. The molecule has 0 bridgehead atoms. The summed E-state index contributed by atoms with van der Waals surface area (Å²) in [6, 6.07) is 1.42. The topological polar surface area (TPSA) is 72.8 Å². The number of ether oxygens (including phenoxy) is 2. The van der Waals surface area contributed by atoms with Crippen molar-refractivity contribution in [2.45, 2.75) is 13.3 Å². The zero-order chi connectivity index (χ0) is 12.6. The molecule has 0 fully saturated rings. The van der Waals surface area contributed by atoms with Crippen molar-refractivity contribution in [3.05, 3.63) is 21.7 Å². The highest BCUT2D eigenvalue weighted by Crippen LogP contribution is 2.43. The maximum atomic E-state index is 11.6. The van der Waals surface area contributed by atoms with Crippen molar-refractivity contribution < 1.29 is 24.2 Å². The van der Waals surface area contributed by atoms with E-state index in [9.17, 15) is 9.59 Å². The SMILES string of the molecule is CCc1c(C(=O)C(=O)O)cc2c(c1Br)OCO2. The second-order valence-corrected chi connectivity index (χ2v) is 4.23. The third kappa shape index (κ3) is 1.88. The van der Waals surface area contributed by atoms with E-state index in [2.05, 4.69) is 15.9 Å². The Morgan fingerprint density at radius 3 is 2.76 bits per heavy atom. The number of halogens is 1. The van der Waals surface area contributed by atoms with Crippen LogP contribution in [0, 0.1) is 0 Å². The van der Waals surface area contributed by atoms with Gasteiger partial charge in [-0.25, -0.2) is 4.79 Å². The molecule has 1 N–H and O–H groups in total. The van der Waals surface area contributed by atoms with Crippen LogP contribution in [0.3, 0.4) is 0 Å². The molecular weight excluding hydrogens is 292 g/mol. The largest absolute Gasteiger partial charge is 0.475 e. The predicted molar refractivity (Wildman–Crippen MR) is 61.6 cm³/mol. The Labute approximate surface area is 105 Å². The Balaban J connectivity index is 2.63. The maximum Gasteiger partial charge on any atom is 0.377 e. The van der Waals surface area contributed by atoms with Crippen LogP contribution in [0.1, 0.15) is 22.8 Å². The van der Waals surface area contributed by atoms with Crippen LogP contribution in [0.4, 0.5) is 0 Å². The van der Waals surface area contributed by atoms with E-state index in [1.807, 2.05) is 6.92 Å². The fourth-order valence-electron chi connectivity index (χ4n) is 1.70. The molecule has 0 unspecified atom stereocenters. The van der Waals surface area contributed by atoms with Gasteiger partial charge in [0, 0.05) is 5.56 Å². The molecule has 17 heavy (non-hydrogen) atoms. The van der Waals surface area contributed by atoms with Gasteiger partial charge in [-0.15, -0.1) is 0 Å². The van der Waals surface area contributed by atoms with Crippen molar-refractivity contribution in [3.8, 4) is 11.5 Å². The van der Waals surface area contributed by atoms with Gasteiger partial charge < -0.3 is 14.6 Å². The number of rotatable bonds is 3. The number of hydrogen-bond acceptors (Lipinski definition) is 4. The first-order valence-corrected chi connectivity index (χ1v) is 5.74. The number of hydrogen-bond donors (Lipinski definition) is 1. The Morgan fingerprint density at radius 1 is 1.47 bits per heavy atom. The molecule has 0 radical (unpaired) electrons. The van der Waals surface area contributed by atoms with Gasteiger partial charge in [0.1, 0.15) is 0 Å². The monoisotopic (exact) mass is 300 g/mol. The summed E-state index contributed by atoms with van der Waals surface area (Å²) in [5.74, 6) is -1.52. The van der Waals surface area contributed by atoms with E-state index in [-0.39, 0.29) is 12.4 Å². The van der Waals surface area contributed by atoms with Gasteiger partial charge in [0.05, 0.1) is 4.47 Å². The van der Waals surface area contributed by atoms with Gasteiger partial charge in [-0.05, 0) is 34.0 Å². The number of carboxylic acids is 1. The summed E-state index contributed by atoms with van der Waals surface area (Å²) in [4.78, 5) is 22.3. The standard InChI is InChI=1S/C11H9BrO5/c1-2-5-6(9(13)11(14)15)3-7-10(8(5)12)17-4-16-7/h3H,2,4H2,1H3,(H,14,15). The number of fused-ring (bicyclic) bond motifs is 1. The van der Waals surface area contributed by atoms with Gasteiger partial charge in [-0.2, -0.15) is 0 Å². The van der Waals surface area contributed by atoms with Gasteiger partial charge in [0.25, 0.3) is 5.78 Å². The van der Waals surface area contributed by atoms with Crippen LogP contribution in [0.5, 0.6) is 11.5 Å². The number of Topliss-reactive ketones (excluding diaryl/α,β-unsaturated/α-hetero) is 1. The summed E-state index contributed by atoms with van der Waals surface area (Å²) in [5.41, 5.74) is 0.748. The Bertz CT molecular complexity index is 509. The highest BCUT2D eigenvalue weighted by molar-refractivity contribution is 9.10. The number of benzene rings is 1. The number of carbonyl (C=O) groups is 2. The van der Waals surface area contributed by atoms with Crippen LogP contribution < -0.4 is 9.47 Å². The molecule has 6 heteroatoms. The fraction of sp³-hybridized carbons (Fsp3) is 0.273. The molecule has 1 heterocycles. The van der Waals surface area contributed by atoms with E-state index in [4.69, 9.17) is 14.6 Å². The summed E-state index contributed by atoms with van der Waals surface area (Å²) >= 11 is 3.31. The van der Waals surface area contributed by atoms with Gasteiger partial charge in [-0.3, -0.25) is 4.79 Å². The minimum absolute atomic E-state index is 0.0712. The van der Waals surface area contributed by atoms with Crippen LogP contribution in [-0.4, -0.2) is 23.7 Å². The number of carboxylic acid groups (broad SMARTS) is 1. The highest BCUT2D eigenvalue weighted by Gasteiger charge is 2.27. The summed E-state index contributed by atoms with van der Waals surface area (Å²) < 4.78 is 11.0. The van der Waals surface area contributed by atoms with Crippen molar-refractivity contribution in [1.29, 1.82) is 0 Å². The van der Waals surface area contributed by atoms with E-state index >= 15 is 0 Å². The zero-order valence-electron chi connectivity index (χ0n) is 8.95. The minimum atomic E-state index is -1.48. The van der Waals surface area contributed by atoms with E-state index in [1.165, 1.54) is 6.07 Å². The van der Waals surface area contributed by atoms with Crippen molar-refractivity contribution in [1.82, 2.24) is 0 Å². The average Bonchev–Trinajstić information content (AvgIpc) is 2.76. The highest BCUT2D eigenvalue weighted by atomic mass is 79.9. The Morgan fingerprint density at radius 2 is 2.18 bits per heavy atom. The lowest BCUT2D eigenvalue weighted by Crippen LogP contribution is -2.15. The second kappa shape index (κ2) is 4.37. The molecule has 0 atom stereocenters. The Hall–Kier alpha value is -1.56. The molecule has 0 aromatic heterocycles. The summed E-state index contributed by atoms with van der Waals surface area (Å²) in [6.07, 6.45) is 0.519. The Kier molecular flexibility index (Phi) is 3.06. The molecule has 1 aromatic rings. The van der Waals surface area contributed by atoms with Crippen LogP contribution in [-0.2, 0) is 11.2 Å². The van der Waals surface area contributed by atoms with E-state index in [0.29, 0.717) is 28.0 Å². The summed E-state index contributed by atoms with van der Waals surface area (Å²) in [7, 11) is 0. The molecule has 1 aromatic carbocycles. The second-order valence-electron chi connectivity index (χ2n) is 3.44. The third-order valence-corrected chi connectivity index (χ3v) is 3.34. The van der Waals surface area contributed by atoms with Crippen LogP contribution in [0.15, 0.2) is 10.5 Å². The molecule has 0 saturated carbocycles. The van der Waals surface area contributed by atoms with Crippen molar-refractivity contribution in [2.75, 3.05) is 6.79 Å².